The van der Waals surface area contributed by atoms with Crippen molar-refractivity contribution in [2.75, 3.05) is 13.1 Å². The first kappa shape index (κ1) is 12.8. The summed E-state index contributed by atoms with van der Waals surface area (Å²) < 4.78 is 0. The normalized spacial score (nSPS) is 16.2. The standard InChI is InChI=1S/C16H15ClN4/c17-13-7-18-6-5-11(13)8-21-9-12(10-21)16-19-14-3-1-2-4-15(14)20-16/h1-7,12H,8-10H2,(H,19,20). The van der Waals surface area contributed by atoms with Crippen LogP contribution in [0.15, 0.2) is 42.7 Å². The summed E-state index contributed by atoms with van der Waals surface area (Å²) in [5.41, 5.74) is 3.29. The van der Waals surface area contributed by atoms with Crippen molar-refractivity contribution in [1.29, 1.82) is 0 Å². The van der Waals surface area contributed by atoms with Crippen molar-refractivity contribution in [3.05, 3.63) is 59.1 Å². The molecule has 106 valence electrons. The number of halogens is 1. The van der Waals surface area contributed by atoms with Crippen molar-refractivity contribution < 1.29 is 0 Å². The third-order valence-electron chi connectivity index (χ3n) is 4.00. The van der Waals surface area contributed by atoms with Crippen molar-refractivity contribution in [3.8, 4) is 0 Å². The first-order chi connectivity index (χ1) is 10.3. The van der Waals surface area contributed by atoms with E-state index in [1.807, 2.05) is 24.3 Å². The number of benzene rings is 1. The maximum atomic E-state index is 6.15. The minimum absolute atomic E-state index is 0.484. The number of H-pyrrole nitrogens is 1. The predicted molar refractivity (Wildman–Crippen MR) is 83.4 cm³/mol. The fraction of sp³-hybridized carbons (Fsp3) is 0.250. The molecule has 1 aliphatic rings. The lowest BCUT2D eigenvalue weighted by molar-refractivity contribution is 0.135. The van der Waals surface area contributed by atoms with Crippen LogP contribution in [-0.2, 0) is 6.54 Å². The number of hydrogen-bond acceptors (Lipinski definition) is 3. The van der Waals surface area contributed by atoms with E-state index in [2.05, 4.69) is 25.9 Å². The van der Waals surface area contributed by atoms with Gasteiger partial charge in [-0.3, -0.25) is 9.88 Å². The van der Waals surface area contributed by atoms with Crippen molar-refractivity contribution in [2.45, 2.75) is 12.5 Å². The van der Waals surface area contributed by atoms with Gasteiger partial charge in [-0.2, -0.15) is 0 Å². The lowest BCUT2D eigenvalue weighted by Gasteiger charge is -2.38. The van der Waals surface area contributed by atoms with E-state index in [0.717, 1.165) is 47.1 Å². The van der Waals surface area contributed by atoms with Crippen molar-refractivity contribution in [2.24, 2.45) is 0 Å². The molecule has 1 N–H and O–H groups in total. The minimum atomic E-state index is 0.484. The Hall–Kier alpha value is -1.91. The van der Waals surface area contributed by atoms with Crippen LogP contribution >= 0.6 is 11.6 Å². The van der Waals surface area contributed by atoms with Crippen LogP contribution in [0.4, 0.5) is 0 Å². The monoisotopic (exact) mass is 298 g/mol. The Balaban J connectivity index is 1.44. The molecule has 3 heterocycles. The van der Waals surface area contributed by atoms with E-state index in [9.17, 15) is 0 Å². The highest BCUT2D eigenvalue weighted by atomic mass is 35.5. The molecule has 2 aromatic heterocycles. The lowest BCUT2D eigenvalue weighted by atomic mass is 9.99. The van der Waals surface area contributed by atoms with E-state index in [-0.39, 0.29) is 0 Å². The zero-order valence-electron chi connectivity index (χ0n) is 11.5. The molecule has 1 saturated heterocycles. The first-order valence-electron chi connectivity index (χ1n) is 7.05. The zero-order valence-corrected chi connectivity index (χ0v) is 12.2. The van der Waals surface area contributed by atoms with E-state index in [4.69, 9.17) is 11.6 Å². The number of nitrogens with one attached hydrogen (secondary N) is 1. The van der Waals surface area contributed by atoms with Gasteiger partial charge < -0.3 is 4.98 Å². The van der Waals surface area contributed by atoms with Gasteiger partial charge in [-0.25, -0.2) is 4.98 Å². The van der Waals surface area contributed by atoms with Gasteiger partial charge in [-0.05, 0) is 23.8 Å². The second kappa shape index (κ2) is 5.13. The summed E-state index contributed by atoms with van der Waals surface area (Å²) in [6, 6.07) is 10.1. The van der Waals surface area contributed by atoms with E-state index in [1.165, 1.54) is 0 Å². The van der Waals surface area contributed by atoms with Gasteiger partial charge in [0.05, 0.1) is 16.1 Å². The van der Waals surface area contributed by atoms with E-state index >= 15 is 0 Å². The topological polar surface area (TPSA) is 44.8 Å². The Morgan fingerprint density at radius 2 is 2.10 bits per heavy atom. The Labute approximate surface area is 127 Å². The molecular weight excluding hydrogens is 284 g/mol. The number of likely N-dealkylation sites (tertiary alicyclic amines) is 1. The quantitative estimate of drug-likeness (QED) is 0.807. The molecule has 0 radical (unpaired) electrons. The maximum Gasteiger partial charge on any atom is 0.112 e. The van der Waals surface area contributed by atoms with Gasteiger partial charge in [0.25, 0.3) is 0 Å². The van der Waals surface area contributed by atoms with Gasteiger partial charge in [-0.15, -0.1) is 0 Å². The number of para-hydroxylation sites is 2. The lowest BCUT2D eigenvalue weighted by Crippen LogP contribution is -2.44. The first-order valence-corrected chi connectivity index (χ1v) is 7.43. The number of aromatic nitrogens is 3. The van der Waals surface area contributed by atoms with Gasteiger partial charge in [0.1, 0.15) is 5.82 Å². The van der Waals surface area contributed by atoms with Crippen molar-refractivity contribution in [1.82, 2.24) is 19.9 Å². The molecule has 0 bridgehead atoms. The molecule has 1 fully saturated rings. The van der Waals surface area contributed by atoms with Crippen LogP contribution in [0.2, 0.25) is 5.02 Å². The Morgan fingerprint density at radius 3 is 2.90 bits per heavy atom. The average molecular weight is 299 g/mol. The molecule has 21 heavy (non-hydrogen) atoms. The SMILES string of the molecule is Clc1cnccc1CN1CC(c2nc3ccccc3[nH]2)C1. The third kappa shape index (κ3) is 2.41. The molecular formula is C16H15ClN4. The number of pyridine rings is 1. The summed E-state index contributed by atoms with van der Waals surface area (Å²) in [4.78, 5) is 14.5. The van der Waals surface area contributed by atoms with Gasteiger partial charge >= 0.3 is 0 Å². The summed E-state index contributed by atoms with van der Waals surface area (Å²) in [6.07, 6.45) is 3.49. The van der Waals surface area contributed by atoms with Gasteiger partial charge in [0.15, 0.2) is 0 Å². The fourth-order valence-corrected chi connectivity index (χ4v) is 2.99. The van der Waals surface area contributed by atoms with Crippen LogP contribution in [0.3, 0.4) is 0 Å². The summed E-state index contributed by atoms with van der Waals surface area (Å²) in [7, 11) is 0. The fourth-order valence-electron chi connectivity index (χ4n) is 2.81. The maximum absolute atomic E-state index is 6.15. The summed E-state index contributed by atoms with van der Waals surface area (Å²) >= 11 is 6.15. The van der Waals surface area contributed by atoms with E-state index < -0.39 is 0 Å². The van der Waals surface area contributed by atoms with Crippen LogP contribution in [0.5, 0.6) is 0 Å². The highest BCUT2D eigenvalue weighted by Crippen LogP contribution is 2.29. The molecule has 4 nitrogen and oxygen atoms in total. The van der Waals surface area contributed by atoms with Crippen LogP contribution in [0, 0.1) is 0 Å². The van der Waals surface area contributed by atoms with E-state index in [0.29, 0.717) is 5.92 Å². The largest absolute Gasteiger partial charge is 0.342 e. The number of nitrogens with zero attached hydrogens (tertiary/aromatic N) is 3. The second-order valence-corrected chi connectivity index (χ2v) is 5.90. The Kier molecular flexibility index (Phi) is 3.13. The molecule has 0 unspecified atom stereocenters. The number of imidazole rings is 1. The minimum Gasteiger partial charge on any atom is -0.342 e. The zero-order chi connectivity index (χ0) is 14.2. The predicted octanol–water partition coefficient (Wildman–Crippen LogP) is 3.21. The van der Waals surface area contributed by atoms with Crippen molar-refractivity contribution >= 4 is 22.6 Å². The van der Waals surface area contributed by atoms with Gasteiger partial charge in [0, 0.05) is 37.9 Å². The highest BCUT2D eigenvalue weighted by Gasteiger charge is 2.30. The summed E-state index contributed by atoms with van der Waals surface area (Å²) in [6.45, 7) is 2.90. The number of fused-ring (bicyclic) bond motifs is 1. The third-order valence-corrected chi connectivity index (χ3v) is 4.34. The van der Waals surface area contributed by atoms with Gasteiger partial charge in [0.2, 0.25) is 0 Å². The average Bonchev–Trinajstić information content (AvgIpc) is 2.87. The number of rotatable bonds is 3. The summed E-state index contributed by atoms with van der Waals surface area (Å²) in [5, 5.41) is 0.740. The number of hydrogen-bond donors (Lipinski definition) is 1. The molecule has 1 aliphatic heterocycles. The molecule has 0 spiro atoms. The molecule has 0 atom stereocenters. The molecule has 0 aliphatic carbocycles. The Bertz CT molecular complexity index is 744. The molecule has 5 heteroatoms. The van der Waals surface area contributed by atoms with Crippen LogP contribution in [-0.4, -0.2) is 32.9 Å². The van der Waals surface area contributed by atoms with Crippen LogP contribution < -0.4 is 0 Å². The number of aromatic amines is 1. The van der Waals surface area contributed by atoms with Crippen LogP contribution in [0.25, 0.3) is 11.0 Å². The molecule has 1 aromatic carbocycles. The summed E-state index contributed by atoms with van der Waals surface area (Å²) in [5.74, 6) is 1.58. The molecule has 0 amide bonds. The Morgan fingerprint density at radius 1 is 1.24 bits per heavy atom. The van der Waals surface area contributed by atoms with Crippen LogP contribution in [0.1, 0.15) is 17.3 Å². The molecule has 4 rings (SSSR count). The molecule has 3 aromatic rings. The highest BCUT2D eigenvalue weighted by molar-refractivity contribution is 6.31. The van der Waals surface area contributed by atoms with Gasteiger partial charge in [-0.1, -0.05) is 23.7 Å². The van der Waals surface area contributed by atoms with Crippen molar-refractivity contribution in [3.63, 3.8) is 0 Å². The molecule has 0 saturated carbocycles. The van der Waals surface area contributed by atoms with E-state index in [1.54, 1.807) is 12.4 Å². The smallest absolute Gasteiger partial charge is 0.112 e. The second-order valence-electron chi connectivity index (χ2n) is 5.50.